The van der Waals surface area contributed by atoms with Crippen LogP contribution in [0.5, 0.6) is 0 Å². The van der Waals surface area contributed by atoms with Gasteiger partial charge >= 0.3 is 26.2 Å². The molecule has 1 aliphatic carbocycles. The number of hydrogen-bond acceptors (Lipinski definition) is 0. The number of rotatable bonds is 2. The molecule has 0 saturated heterocycles. The van der Waals surface area contributed by atoms with Gasteiger partial charge in [-0.05, 0) is 12.8 Å². The summed E-state index contributed by atoms with van der Waals surface area (Å²) in [7, 11) is 0. The van der Waals surface area contributed by atoms with Crippen molar-refractivity contribution in [2.45, 2.75) is 26.2 Å². The van der Waals surface area contributed by atoms with Gasteiger partial charge in [0.1, 0.15) is 0 Å². The zero-order valence-electron chi connectivity index (χ0n) is 6.99. The van der Waals surface area contributed by atoms with Crippen molar-refractivity contribution >= 4 is 0 Å². The first-order valence-electron chi connectivity index (χ1n) is 3.28. The van der Waals surface area contributed by atoms with Crippen molar-refractivity contribution in [3.63, 3.8) is 0 Å². The Morgan fingerprint density at radius 3 is 2.17 bits per heavy atom. The van der Waals surface area contributed by atoms with Gasteiger partial charge in [0.15, 0.2) is 0 Å². The molecule has 0 fully saturated rings. The Hall–Kier alpha value is 1.23. The SMILES string of the molecule is CCCC1=CC=CC1.[Cl-].[Cl-].[Cl-].[Zr+3]. The van der Waals surface area contributed by atoms with Crippen LogP contribution in [0.3, 0.4) is 0 Å². The van der Waals surface area contributed by atoms with E-state index < -0.39 is 0 Å². The zero-order valence-corrected chi connectivity index (χ0v) is 11.7. The van der Waals surface area contributed by atoms with Gasteiger partial charge in [-0.3, -0.25) is 0 Å². The van der Waals surface area contributed by atoms with E-state index in [2.05, 4.69) is 25.2 Å². The molecule has 0 aromatic carbocycles. The van der Waals surface area contributed by atoms with Crippen molar-refractivity contribution in [1.29, 1.82) is 0 Å². The first kappa shape index (κ1) is 23.2. The van der Waals surface area contributed by atoms with E-state index in [1.54, 1.807) is 5.57 Å². The molecule has 69 valence electrons. The van der Waals surface area contributed by atoms with Crippen LogP contribution in [0.15, 0.2) is 23.8 Å². The quantitative estimate of drug-likeness (QED) is 0.476. The van der Waals surface area contributed by atoms with Gasteiger partial charge in [-0.2, -0.15) is 0 Å². The molecule has 12 heavy (non-hydrogen) atoms. The Morgan fingerprint density at radius 1 is 1.25 bits per heavy atom. The maximum atomic E-state index is 2.23. The first-order valence-corrected chi connectivity index (χ1v) is 3.28. The number of halogens is 3. The summed E-state index contributed by atoms with van der Waals surface area (Å²) >= 11 is 0. The minimum absolute atomic E-state index is 0. The molecule has 0 spiro atoms. The minimum Gasteiger partial charge on any atom is -1.00 e. The van der Waals surface area contributed by atoms with Crippen molar-refractivity contribution in [2.75, 3.05) is 0 Å². The Labute approximate surface area is 113 Å². The third-order valence-corrected chi connectivity index (χ3v) is 1.42. The first-order chi connectivity index (χ1) is 3.93. The van der Waals surface area contributed by atoms with Crippen molar-refractivity contribution in [1.82, 2.24) is 0 Å². The fourth-order valence-corrected chi connectivity index (χ4v) is 0.998. The number of allylic oxidation sites excluding steroid dienone is 4. The molecule has 0 N–H and O–H groups in total. The summed E-state index contributed by atoms with van der Waals surface area (Å²) in [5.41, 5.74) is 1.59. The number of hydrogen-bond donors (Lipinski definition) is 0. The average molecular weight is 306 g/mol. The normalized spacial score (nSPS) is 11.2. The molecule has 0 nitrogen and oxygen atoms in total. The minimum atomic E-state index is 0. The molecule has 0 bridgehead atoms. The Balaban J connectivity index is -0.0000000800. The molecule has 1 rings (SSSR count). The van der Waals surface area contributed by atoms with Crippen LogP contribution in [0.1, 0.15) is 26.2 Å². The monoisotopic (exact) mass is 303 g/mol. The summed E-state index contributed by atoms with van der Waals surface area (Å²) in [6, 6.07) is 0. The molecule has 1 aliphatic rings. The van der Waals surface area contributed by atoms with Gasteiger partial charge in [-0.1, -0.05) is 37.1 Å². The molecule has 0 aromatic heterocycles. The van der Waals surface area contributed by atoms with E-state index in [4.69, 9.17) is 0 Å². The van der Waals surface area contributed by atoms with E-state index in [0.717, 1.165) is 0 Å². The summed E-state index contributed by atoms with van der Waals surface area (Å²) in [6.07, 6.45) is 10.4. The summed E-state index contributed by atoms with van der Waals surface area (Å²) in [5, 5.41) is 0. The molecular weight excluding hydrogens is 294 g/mol. The van der Waals surface area contributed by atoms with Gasteiger partial charge in [-0.15, -0.1) is 0 Å². The van der Waals surface area contributed by atoms with E-state index in [1.165, 1.54) is 19.3 Å². The van der Waals surface area contributed by atoms with Gasteiger partial charge in [0.05, 0.1) is 0 Å². The third kappa shape index (κ3) is 9.32. The zero-order chi connectivity index (χ0) is 5.82. The van der Waals surface area contributed by atoms with Crippen LogP contribution in [0.4, 0.5) is 0 Å². The van der Waals surface area contributed by atoms with Crippen LogP contribution in [-0.2, 0) is 26.2 Å². The molecule has 0 heterocycles. The van der Waals surface area contributed by atoms with Gasteiger partial charge in [-0.25, -0.2) is 0 Å². The summed E-state index contributed by atoms with van der Waals surface area (Å²) in [5.74, 6) is 0. The van der Waals surface area contributed by atoms with Gasteiger partial charge in [0.25, 0.3) is 0 Å². The van der Waals surface area contributed by atoms with Gasteiger partial charge < -0.3 is 37.2 Å². The molecule has 0 atom stereocenters. The molecular formula is C8H12Cl3Zr. The maximum Gasteiger partial charge on any atom is 3.00 e. The van der Waals surface area contributed by atoms with E-state index in [-0.39, 0.29) is 63.4 Å². The molecule has 0 aromatic rings. The van der Waals surface area contributed by atoms with Crippen molar-refractivity contribution in [2.24, 2.45) is 0 Å². The van der Waals surface area contributed by atoms with Crippen LogP contribution in [0, 0.1) is 0 Å². The molecule has 0 unspecified atom stereocenters. The predicted octanol–water partition coefficient (Wildman–Crippen LogP) is -6.32. The second kappa shape index (κ2) is 14.7. The maximum absolute atomic E-state index is 2.23. The van der Waals surface area contributed by atoms with E-state index >= 15 is 0 Å². The van der Waals surface area contributed by atoms with Crippen LogP contribution in [-0.4, -0.2) is 0 Å². The largest absolute Gasteiger partial charge is 3.00 e. The fourth-order valence-electron chi connectivity index (χ4n) is 0.998. The third-order valence-electron chi connectivity index (χ3n) is 1.42. The topological polar surface area (TPSA) is 0 Å². The van der Waals surface area contributed by atoms with Gasteiger partial charge in [0, 0.05) is 0 Å². The Morgan fingerprint density at radius 2 is 1.83 bits per heavy atom. The van der Waals surface area contributed by atoms with E-state index in [9.17, 15) is 0 Å². The van der Waals surface area contributed by atoms with Crippen LogP contribution in [0.2, 0.25) is 0 Å². The second-order valence-electron chi connectivity index (χ2n) is 2.21. The second-order valence-corrected chi connectivity index (χ2v) is 2.21. The molecule has 0 aliphatic heterocycles. The smallest absolute Gasteiger partial charge is 1.00 e. The van der Waals surface area contributed by atoms with Crippen molar-refractivity contribution < 1.29 is 63.4 Å². The predicted molar refractivity (Wildman–Crippen MR) is 36.7 cm³/mol. The molecule has 4 heteroatoms. The van der Waals surface area contributed by atoms with Crippen LogP contribution < -0.4 is 37.2 Å². The standard InChI is InChI=1S/C8H12.3ClH.Zr/c1-2-5-8-6-3-4-7-8;;;;/h3-4,6H,2,5,7H2,1H3;3*1H;/q;;;;+3/p-3. The van der Waals surface area contributed by atoms with Crippen molar-refractivity contribution in [3.8, 4) is 0 Å². The van der Waals surface area contributed by atoms with Crippen LogP contribution in [0.25, 0.3) is 0 Å². The average Bonchev–Trinajstić information content (AvgIpc) is 2.19. The summed E-state index contributed by atoms with van der Waals surface area (Å²) in [4.78, 5) is 0. The summed E-state index contributed by atoms with van der Waals surface area (Å²) < 4.78 is 0. The molecule has 0 saturated carbocycles. The van der Waals surface area contributed by atoms with Crippen LogP contribution >= 0.6 is 0 Å². The van der Waals surface area contributed by atoms with Crippen molar-refractivity contribution in [3.05, 3.63) is 23.8 Å². The van der Waals surface area contributed by atoms with E-state index in [0.29, 0.717) is 0 Å². The fraction of sp³-hybridized carbons (Fsp3) is 0.500. The molecule has 0 amide bonds. The molecule has 1 radical (unpaired) electrons. The Kier molecular flexibility index (Phi) is 28.5. The Bertz CT molecular complexity index is 132. The summed E-state index contributed by atoms with van der Waals surface area (Å²) in [6.45, 7) is 2.22. The van der Waals surface area contributed by atoms with E-state index in [1.807, 2.05) is 0 Å². The van der Waals surface area contributed by atoms with Gasteiger partial charge in [0.2, 0.25) is 0 Å².